The molecule has 1 fully saturated rings. The van der Waals surface area contributed by atoms with Crippen molar-refractivity contribution < 1.29 is 14.3 Å². The highest BCUT2D eigenvalue weighted by Crippen LogP contribution is 2.27. The highest BCUT2D eigenvalue weighted by molar-refractivity contribution is 14.0. The van der Waals surface area contributed by atoms with Crippen LogP contribution < -0.4 is 10.6 Å². The fraction of sp³-hybridized carbons (Fsp3) is 0.684. The number of halogens is 1. The van der Waals surface area contributed by atoms with Crippen molar-refractivity contribution in [2.45, 2.75) is 13.0 Å². The SMILES string of the molecule is COCCNC(=NCC(=O)N(C)C)NCC(c1ccc(C)s1)N1CCOCC1.I. The number of carbonyl (C=O) groups is 1. The second-order valence-corrected chi connectivity index (χ2v) is 8.19. The number of guanidine groups is 1. The number of carbonyl (C=O) groups excluding carboxylic acids is 1. The van der Waals surface area contributed by atoms with E-state index in [-0.39, 0.29) is 42.5 Å². The van der Waals surface area contributed by atoms with Gasteiger partial charge in [0.25, 0.3) is 0 Å². The second-order valence-electron chi connectivity index (χ2n) is 6.87. The molecule has 1 atom stereocenters. The smallest absolute Gasteiger partial charge is 0.243 e. The summed E-state index contributed by atoms with van der Waals surface area (Å²) in [6.45, 7) is 7.46. The van der Waals surface area contributed by atoms with E-state index in [1.54, 1.807) is 26.1 Å². The first-order chi connectivity index (χ1) is 13.5. The Labute approximate surface area is 195 Å². The highest BCUT2D eigenvalue weighted by atomic mass is 127. The van der Waals surface area contributed by atoms with E-state index in [1.165, 1.54) is 9.75 Å². The van der Waals surface area contributed by atoms with Gasteiger partial charge in [-0.3, -0.25) is 9.69 Å². The average Bonchev–Trinajstić information content (AvgIpc) is 3.12. The van der Waals surface area contributed by atoms with E-state index < -0.39 is 0 Å². The highest BCUT2D eigenvalue weighted by Gasteiger charge is 2.24. The Morgan fingerprint density at radius 1 is 1.34 bits per heavy atom. The first-order valence-corrected chi connectivity index (χ1v) is 10.4. The fourth-order valence-corrected chi connectivity index (χ4v) is 3.87. The molecule has 1 aliphatic heterocycles. The Bertz CT molecular complexity index is 635. The van der Waals surface area contributed by atoms with Gasteiger partial charge in [-0.25, -0.2) is 4.99 Å². The largest absolute Gasteiger partial charge is 0.383 e. The number of rotatable bonds is 9. The monoisotopic (exact) mass is 539 g/mol. The third-order valence-electron chi connectivity index (χ3n) is 4.51. The molecule has 1 aromatic heterocycles. The molecule has 0 aliphatic carbocycles. The number of aryl methyl sites for hydroxylation is 1. The number of ether oxygens (including phenoxy) is 2. The summed E-state index contributed by atoms with van der Waals surface area (Å²) in [5.41, 5.74) is 0. The molecule has 0 bridgehead atoms. The lowest BCUT2D eigenvalue weighted by atomic mass is 10.2. The van der Waals surface area contributed by atoms with Gasteiger partial charge in [-0.2, -0.15) is 0 Å². The molecule has 166 valence electrons. The molecular formula is C19H34IN5O3S. The fourth-order valence-electron chi connectivity index (χ4n) is 2.86. The molecule has 1 unspecified atom stereocenters. The topological polar surface area (TPSA) is 78.4 Å². The van der Waals surface area contributed by atoms with Crippen LogP contribution in [0.25, 0.3) is 0 Å². The molecule has 0 spiro atoms. The van der Waals surface area contributed by atoms with E-state index in [2.05, 4.69) is 39.6 Å². The van der Waals surface area contributed by atoms with Crippen LogP contribution in [0.5, 0.6) is 0 Å². The maximum absolute atomic E-state index is 11.9. The molecule has 10 heteroatoms. The summed E-state index contributed by atoms with van der Waals surface area (Å²) in [6.07, 6.45) is 0. The lowest BCUT2D eigenvalue weighted by Gasteiger charge is -2.34. The van der Waals surface area contributed by atoms with Crippen LogP contribution in [-0.4, -0.2) is 95.4 Å². The van der Waals surface area contributed by atoms with Crippen molar-refractivity contribution in [3.05, 3.63) is 21.9 Å². The number of likely N-dealkylation sites (N-methyl/N-ethyl adjacent to an activating group) is 1. The zero-order chi connectivity index (χ0) is 20.4. The Hall–Kier alpha value is -0.950. The van der Waals surface area contributed by atoms with Crippen molar-refractivity contribution in [3.63, 3.8) is 0 Å². The second kappa shape index (κ2) is 14.1. The minimum absolute atomic E-state index is 0. The maximum Gasteiger partial charge on any atom is 0.243 e. The molecule has 1 aromatic rings. The minimum Gasteiger partial charge on any atom is -0.383 e. The van der Waals surface area contributed by atoms with Crippen molar-refractivity contribution in [2.24, 2.45) is 4.99 Å². The lowest BCUT2D eigenvalue weighted by molar-refractivity contribution is -0.127. The zero-order valence-corrected chi connectivity index (χ0v) is 20.9. The van der Waals surface area contributed by atoms with Gasteiger partial charge in [0.1, 0.15) is 6.54 Å². The van der Waals surface area contributed by atoms with Crippen LogP contribution >= 0.6 is 35.3 Å². The third-order valence-corrected chi connectivity index (χ3v) is 5.61. The van der Waals surface area contributed by atoms with Crippen LogP contribution in [0.15, 0.2) is 17.1 Å². The Balaban J connectivity index is 0.00000420. The van der Waals surface area contributed by atoms with E-state index in [9.17, 15) is 4.79 Å². The van der Waals surface area contributed by atoms with Crippen molar-refractivity contribution in [1.29, 1.82) is 0 Å². The standard InChI is InChI=1S/C19H33N5O3S.HI/c1-15-5-6-17(28-15)16(24-8-11-27-12-9-24)13-21-19(20-7-10-26-4)22-14-18(25)23(2)3;/h5-6,16H,7-14H2,1-4H3,(H2,20,21,22);1H. The molecule has 2 heterocycles. The van der Waals surface area contributed by atoms with Gasteiger partial charge in [0, 0.05) is 57.1 Å². The Kier molecular flexibility index (Phi) is 12.7. The summed E-state index contributed by atoms with van der Waals surface area (Å²) in [7, 11) is 5.13. The summed E-state index contributed by atoms with van der Waals surface area (Å²) >= 11 is 1.82. The molecule has 1 amide bonds. The molecule has 1 aliphatic rings. The normalized spacial score (nSPS) is 16.1. The summed E-state index contributed by atoms with van der Waals surface area (Å²) in [5, 5.41) is 6.65. The van der Waals surface area contributed by atoms with E-state index in [1.807, 2.05) is 11.3 Å². The van der Waals surface area contributed by atoms with Crippen LogP contribution in [0, 0.1) is 6.92 Å². The number of nitrogens with zero attached hydrogens (tertiary/aromatic N) is 3. The summed E-state index contributed by atoms with van der Waals surface area (Å²) < 4.78 is 10.6. The van der Waals surface area contributed by atoms with Crippen molar-refractivity contribution >= 4 is 47.2 Å². The van der Waals surface area contributed by atoms with Gasteiger partial charge in [-0.05, 0) is 19.1 Å². The third kappa shape index (κ3) is 9.16. The molecule has 2 N–H and O–H groups in total. The first-order valence-electron chi connectivity index (χ1n) is 9.60. The molecule has 0 radical (unpaired) electrons. The number of amides is 1. The molecule has 1 saturated heterocycles. The van der Waals surface area contributed by atoms with E-state index >= 15 is 0 Å². The van der Waals surface area contributed by atoms with Crippen molar-refractivity contribution in [3.8, 4) is 0 Å². The molecule has 8 nitrogen and oxygen atoms in total. The number of aliphatic imine (C=N–C) groups is 1. The summed E-state index contributed by atoms with van der Waals surface area (Å²) in [5.74, 6) is 0.588. The van der Waals surface area contributed by atoms with Crippen LogP contribution in [0.3, 0.4) is 0 Å². The number of hydrogen-bond acceptors (Lipinski definition) is 6. The number of nitrogens with one attached hydrogen (secondary N) is 2. The zero-order valence-electron chi connectivity index (χ0n) is 17.8. The molecule has 2 rings (SSSR count). The number of thiophene rings is 1. The van der Waals surface area contributed by atoms with Gasteiger partial charge >= 0.3 is 0 Å². The van der Waals surface area contributed by atoms with Gasteiger partial charge in [-0.15, -0.1) is 35.3 Å². The van der Waals surface area contributed by atoms with Crippen LogP contribution in [0.1, 0.15) is 15.8 Å². The van der Waals surface area contributed by atoms with Gasteiger partial charge < -0.3 is 25.0 Å². The number of methoxy groups -OCH3 is 1. The van der Waals surface area contributed by atoms with Gasteiger partial charge in [-0.1, -0.05) is 0 Å². The molecule has 29 heavy (non-hydrogen) atoms. The predicted molar refractivity (Wildman–Crippen MR) is 128 cm³/mol. The van der Waals surface area contributed by atoms with Gasteiger partial charge in [0.15, 0.2) is 5.96 Å². The van der Waals surface area contributed by atoms with Crippen molar-refractivity contribution in [1.82, 2.24) is 20.4 Å². The van der Waals surface area contributed by atoms with E-state index in [4.69, 9.17) is 9.47 Å². The van der Waals surface area contributed by atoms with Gasteiger partial charge in [0.05, 0.1) is 25.9 Å². The quantitative estimate of drug-likeness (QED) is 0.214. The van der Waals surface area contributed by atoms with E-state index in [0.29, 0.717) is 25.7 Å². The van der Waals surface area contributed by atoms with Crippen molar-refractivity contribution in [2.75, 3.05) is 73.7 Å². The van der Waals surface area contributed by atoms with Gasteiger partial charge in [0.2, 0.25) is 5.91 Å². The Morgan fingerprint density at radius 3 is 2.66 bits per heavy atom. The van der Waals surface area contributed by atoms with Crippen LogP contribution in [0.2, 0.25) is 0 Å². The van der Waals surface area contributed by atoms with Crippen LogP contribution in [-0.2, 0) is 14.3 Å². The Morgan fingerprint density at radius 2 is 2.07 bits per heavy atom. The van der Waals surface area contributed by atoms with Crippen LogP contribution in [0.4, 0.5) is 0 Å². The minimum atomic E-state index is -0.0357. The molecule has 0 saturated carbocycles. The lowest BCUT2D eigenvalue weighted by Crippen LogP contribution is -2.46. The summed E-state index contributed by atoms with van der Waals surface area (Å²) in [4.78, 5) is 23.0. The predicted octanol–water partition coefficient (Wildman–Crippen LogP) is 1.32. The number of morpholine rings is 1. The molecular weight excluding hydrogens is 505 g/mol. The maximum atomic E-state index is 11.9. The first kappa shape index (κ1) is 26.1. The summed E-state index contributed by atoms with van der Waals surface area (Å²) in [6, 6.07) is 4.60. The average molecular weight is 539 g/mol. The number of hydrogen-bond donors (Lipinski definition) is 2. The van der Waals surface area contributed by atoms with E-state index in [0.717, 1.165) is 26.3 Å². The molecule has 0 aromatic carbocycles.